The Hall–Kier alpha value is -2.76. The highest BCUT2D eigenvalue weighted by molar-refractivity contribution is 6.35. The minimum atomic E-state index is -0.388. The SMILES string of the molecule is Cc1ccc(-n2c(C)cc(/C=N\NC(=O)COc3ccc(Cl)cc3Cl)c2C)c(C)c1. The largest absolute Gasteiger partial charge is 0.482 e. The van der Waals surface area contributed by atoms with Crippen molar-refractivity contribution in [2.24, 2.45) is 5.10 Å². The molecule has 30 heavy (non-hydrogen) atoms. The molecule has 5 nitrogen and oxygen atoms in total. The van der Waals surface area contributed by atoms with Gasteiger partial charge in [0.25, 0.3) is 5.91 Å². The smallest absolute Gasteiger partial charge is 0.277 e. The third-order valence-electron chi connectivity index (χ3n) is 4.71. The van der Waals surface area contributed by atoms with Gasteiger partial charge in [-0.2, -0.15) is 5.10 Å². The fourth-order valence-electron chi connectivity index (χ4n) is 3.29. The highest BCUT2D eigenvalue weighted by atomic mass is 35.5. The molecule has 3 aromatic rings. The van der Waals surface area contributed by atoms with E-state index in [2.05, 4.69) is 47.1 Å². The molecule has 1 amide bonds. The maximum Gasteiger partial charge on any atom is 0.277 e. The van der Waals surface area contributed by atoms with E-state index in [0.29, 0.717) is 15.8 Å². The van der Waals surface area contributed by atoms with Crippen LogP contribution in [0.4, 0.5) is 0 Å². The second kappa shape index (κ2) is 9.37. The molecule has 2 aromatic carbocycles. The number of halogens is 2. The van der Waals surface area contributed by atoms with Gasteiger partial charge in [-0.3, -0.25) is 4.79 Å². The molecule has 0 radical (unpaired) electrons. The number of ether oxygens (including phenoxy) is 1. The van der Waals surface area contributed by atoms with E-state index in [1.807, 2.05) is 19.9 Å². The molecule has 7 heteroatoms. The summed E-state index contributed by atoms with van der Waals surface area (Å²) in [6.07, 6.45) is 1.63. The standard InChI is InChI=1S/C23H23Cl2N3O2/c1-14-5-7-21(15(2)9-14)28-16(3)10-18(17(28)4)12-26-27-23(29)13-30-22-8-6-19(24)11-20(22)25/h5-12H,13H2,1-4H3,(H,27,29)/b26-12-. The molecular weight excluding hydrogens is 421 g/mol. The Bertz CT molecular complexity index is 1120. The first kappa shape index (κ1) is 21.9. The molecule has 0 saturated heterocycles. The maximum absolute atomic E-state index is 12.0. The second-order valence-corrected chi connectivity index (χ2v) is 7.95. The molecule has 0 fully saturated rings. The predicted molar refractivity (Wildman–Crippen MR) is 122 cm³/mol. The van der Waals surface area contributed by atoms with Crippen LogP contribution < -0.4 is 10.2 Å². The lowest BCUT2D eigenvalue weighted by Crippen LogP contribution is -2.24. The van der Waals surface area contributed by atoms with E-state index in [0.717, 1.165) is 22.6 Å². The van der Waals surface area contributed by atoms with Crippen LogP contribution in [-0.2, 0) is 4.79 Å². The number of carbonyl (C=O) groups excluding carboxylic acids is 1. The van der Waals surface area contributed by atoms with Crippen molar-refractivity contribution in [2.75, 3.05) is 6.61 Å². The lowest BCUT2D eigenvalue weighted by atomic mass is 10.1. The highest BCUT2D eigenvalue weighted by Gasteiger charge is 2.12. The topological polar surface area (TPSA) is 55.6 Å². The van der Waals surface area contributed by atoms with E-state index >= 15 is 0 Å². The lowest BCUT2D eigenvalue weighted by molar-refractivity contribution is -0.123. The molecule has 3 rings (SSSR count). The molecule has 0 unspecified atom stereocenters. The summed E-state index contributed by atoms with van der Waals surface area (Å²) < 4.78 is 7.59. The van der Waals surface area contributed by atoms with Crippen molar-refractivity contribution in [1.29, 1.82) is 0 Å². The third kappa shape index (κ3) is 5.04. The fourth-order valence-corrected chi connectivity index (χ4v) is 3.75. The zero-order chi connectivity index (χ0) is 21.8. The monoisotopic (exact) mass is 443 g/mol. The number of rotatable bonds is 6. The first-order valence-electron chi connectivity index (χ1n) is 9.42. The zero-order valence-electron chi connectivity index (χ0n) is 17.3. The van der Waals surface area contributed by atoms with E-state index in [4.69, 9.17) is 27.9 Å². The molecule has 0 aliphatic rings. The van der Waals surface area contributed by atoms with Gasteiger partial charge in [-0.1, -0.05) is 40.9 Å². The maximum atomic E-state index is 12.0. The number of nitrogens with zero attached hydrogens (tertiary/aromatic N) is 2. The summed E-state index contributed by atoms with van der Waals surface area (Å²) in [5.74, 6) is -0.00216. The lowest BCUT2D eigenvalue weighted by Gasteiger charge is -2.13. The fraction of sp³-hybridized carbons (Fsp3) is 0.217. The first-order chi connectivity index (χ1) is 14.3. The molecule has 0 atom stereocenters. The van der Waals surface area contributed by atoms with Gasteiger partial charge in [0.15, 0.2) is 6.61 Å². The quantitative estimate of drug-likeness (QED) is 0.401. The minimum Gasteiger partial charge on any atom is -0.482 e. The molecule has 0 saturated carbocycles. The van der Waals surface area contributed by atoms with E-state index in [9.17, 15) is 4.79 Å². The van der Waals surface area contributed by atoms with Crippen LogP contribution in [0.25, 0.3) is 5.69 Å². The van der Waals surface area contributed by atoms with Crippen molar-refractivity contribution in [2.45, 2.75) is 27.7 Å². The van der Waals surface area contributed by atoms with Crippen LogP contribution in [0.2, 0.25) is 10.0 Å². The normalized spacial score (nSPS) is 11.1. The van der Waals surface area contributed by atoms with Crippen LogP contribution in [0.5, 0.6) is 5.75 Å². The van der Waals surface area contributed by atoms with Crippen molar-refractivity contribution in [3.8, 4) is 11.4 Å². The number of carbonyl (C=O) groups is 1. The number of aromatic nitrogens is 1. The van der Waals surface area contributed by atoms with Crippen LogP contribution in [0.15, 0.2) is 47.6 Å². The summed E-state index contributed by atoms with van der Waals surface area (Å²) in [6.45, 7) is 8.05. The summed E-state index contributed by atoms with van der Waals surface area (Å²) in [7, 11) is 0. The van der Waals surface area contributed by atoms with E-state index in [-0.39, 0.29) is 12.5 Å². The zero-order valence-corrected chi connectivity index (χ0v) is 18.8. The van der Waals surface area contributed by atoms with Gasteiger partial charge in [-0.15, -0.1) is 0 Å². The molecule has 1 N–H and O–H groups in total. The van der Waals surface area contributed by atoms with Gasteiger partial charge >= 0.3 is 0 Å². The van der Waals surface area contributed by atoms with Gasteiger partial charge in [0.1, 0.15) is 5.75 Å². The molecule has 0 aliphatic carbocycles. The number of aryl methyl sites for hydroxylation is 3. The van der Waals surface area contributed by atoms with E-state index in [1.54, 1.807) is 24.4 Å². The summed E-state index contributed by atoms with van der Waals surface area (Å²) >= 11 is 11.9. The van der Waals surface area contributed by atoms with Crippen molar-refractivity contribution < 1.29 is 9.53 Å². The predicted octanol–water partition coefficient (Wildman–Crippen LogP) is 5.55. The van der Waals surface area contributed by atoms with Crippen LogP contribution in [0.1, 0.15) is 28.1 Å². The number of amides is 1. The van der Waals surface area contributed by atoms with E-state index < -0.39 is 0 Å². The number of nitrogens with one attached hydrogen (secondary N) is 1. The Morgan fingerprint density at radius 1 is 1.10 bits per heavy atom. The van der Waals surface area contributed by atoms with Gasteiger partial charge in [-0.05, 0) is 63.6 Å². The van der Waals surface area contributed by atoms with Crippen LogP contribution in [-0.4, -0.2) is 23.3 Å². The second-order valence-electron chi connectivity index (χ2n) is 7.11. The Morgan fingerprint density at radius 2 is 1.87 bits per heavy atom. The van der Waals surface area contributed by atoms with Gasteiger partial charge in [0.2, 0.25) is 0 Å². The molecule has 1 aromatic heterocycles. The Kier molecular flexibility index (Phi) is 6.85. The van der Waals surface area contributed by atoms with Crippen LogP contribution >= 0.6 is 23.2 Å². The number of benzene rings is 2. The Labute approximate surface area is 186 Å². The highest BCUT2D eigenvalue weighted by Crippen LogP contribution is 2.27. The van der Waals surface area contributed by atoms with Crippen molar-refractivity contribution in [3.63, 3.8) is 0 Å². The summed E-state index contributed by atoms with van der Waals surface area (Å²) in [6, 6.07) is 13.2. The van der Waals surface area contributed by atoms with Gasteiger partial charge in [0.05, 0.1) is 11.2 Å². The first-order valence-corrected chi connectivity index (χ1v) is 10.2. The van der Waals surface area contributed by atoms with Crippen molar-refractivity contribution in [1.82, 2.24) is 9.99 Å². The average molecular weight is 444 g/mol. The van der Waals surface area contributed by atoms with Crippen LogP contribution in [0.3, 0.4) is 0 Å². The molecule has 156 valence electrons. The summed E-state index contributed by atoms with van der Waals surface area (Å²) in [4.78, 5) is 12.0. The number of hydrogen-bond acceptors (Lipinski definition) is 3. The Morgan fingerprint density at radius 3 is 2.57 bits per heavy atom. The molecule has 0 aliphatic heterocycles. The van der Waals surface area contributed by atoms with E-state index in [1.165, 1.54) is 11.1 Å². The molecule has 0 bridgehead atoms. The van der Waals surface area contributed by atoms with Crippen molar-refractivity contribution >= 4 is 35.3 Å². The molecule has 0 spiro atoms. The summed E-state index contributed by atoms with van der Waals surface area (Å²) in [5.41, 5.74) is 9.09. The van der Waals surface area contributed by atoms with Crippen LogP contribution in [0, 0.1) is 27.7 Å². The molecule has 1 heterocycles. The van der Waals surface area contributed by atoms with Gasteiger partial charge in [-0.25, -0.2) is 5.43 Å². The van der Waals surface area contributed by atoms with Gasteiger partial charge in [0, 0.05) is 27.7 Å². The summed E-state index contributed by atoms with van der Waals surface area (Å²) in [5, 5.41) is 4.91. The third-order valence-corrected chi connectivity index (χ3v) is 5.24. The van der Waals surface area contributed by atoms with Gasteiger partial charge < -0.3 is 9.30 Å². The number of hydrazone groups is 1. The van der Waals surface area contributed by atoms with Crippen molar-refractivity contribution in [3.05, 3.63) is 80.6 Å². The minimum absolute atomic E-state index is 0.208. The molecular formula is C23H23Cl2N3O2. The average Bonchev–Trinajstić information content (AvgIpc) is 2.95. The number of hydrogen-bond donors (Lipinski definition) is 1. The Balaban J connectivity index is 1.66.